The zero-order valence-corrected chi connectivity index (χ0v) is 11.5. The largest absolute Gasteiger partial charge is 0.479 e. The van der Waals surface area contributed by atoms with E-state index in [1.54, 1.807) is 35.2 Å². The topological polar surface area (TPSA) is 69.6 Å². The van der Waals surface area contributed by atoms with Crippen LogP contribution in [0.15, 0.2) is 30.3 Å². The Morgan fingerprint density at radius 3 is 2.26 bits per heavy atom. The molecule has 5 heteroatoms. The number of urea groups is 1. The molecule has 2 amide bonds. The van der Waals surface area contributed by atoms with Crippen molar-refractivity contribution in [2.45, 2.75) is 32.9 Å². The number of hydrogen-bond acceptors (Lipinski definition) is 2. The van der Waals surface area contributed by atoms with Crippen LogP contribution in [0.4, 0.5) is 4.79 Å². The van der Waals surface area contributed by atoms with Gasteiger partial charge >= 0.3 is 12.0 Å². The second kappa shape index (κ2) is 6.78. The monoisotopic (exact) mass is 264 g/mol. The first-order valence-electron chi connectivity index (χ1n) is 6.32. The van der Waals surface area contributed by atoms with E-state index in [1.807, 2.05) is 20.8 Å². The van der Waals surface area contributed by atoms with Crippen LogP contribution < -0.4 is 5.32 Å². The van der Waals surface area contributed by atoms with Gasteiger partial charge in [-0.25, -0.2) is 9.59 Å². The highest BCUT2D eigenvalue weighted by atomic mass is 16.4. The first-order chi connectivity index (χ1) is 8.97. The van der Waals surface area contributed by atoms with E-state index in [0.717, 1.165) is 0 Å². The summed E-state index contributed by atoms with van der Waals surface area (Å²) in [6, 6.07) is 7.30. The Labute approximate surface area is 113 Å². The fourth-order valence-corrected chi connectivity index (χ4v) is 1.88. The van der Waals surface area contributed by atoms with Gasteiger partial charge in [-0.15, -0.1) is 0 Å². The molecule has 0 aliphatic carbocycles. The van der Waals surface area contributed by atoms with E-state index in [2.05, 4.69) is 5.32 Å². The number of carboxylic acids is 1. The number of nitrogens with one attached hydrogen (secondary N) is 1. The molecule has 0 spiro atoms. The number of rotatable bonds is 5. The normalized spacial score (nSPS) is 12.0. The summed E-state index contributed by atoms with van der Waals surface area (Å²) < 4.78 is 0. The van der Waals surface area contributed by atoms with E-state index < -0.39 is 12.0 Å². The molecular formula is C14H20N2O3. The van der Waals surface area contributed by atoms with Crippen molar-refractivity contribution in [3.05, 3.63) is 35.9 Å². The molecule has 0 fully saturated rings. The Hall–Kier alpha value is -2.04. The average molecular weight is 264 g/mol. The van der Waals surface area contributed by atoms with Crippen molar-refractivity contribution in [1.29, 1.82) is 0 Å². The van der Waals surface area contributed by atoms with Crippen LogP contribution in [0.1, 0.15) is 32.4 Å². The van der Waals surface area contributed by atoms with Crippen LogP contribution in [-0.2, 0) is 4.79 Å². The van der Waals surface area contributed by atoms with Crippen LogP contribution in [0.3, 0.4) is 0 Å². The second-order valence-electron chi connectivity index (χ2n) is 4.51. The van der Waals surface area contributed by atoms with Crippen molar-refractivity contribution < 1.29 is 14.7 Å². The maximum atomic E-state index is 12.1. The van der Waals surface area contributed by atoms with Gasteiger partial charge in [-0.05, 0) is 26.3 Å². The number of amides is 2. The zero-order valence-electron chi connectivity index (χ0n) is 11.5. The van der Waals surface area contributed by atoms with Gasteiger partial charge in [-0.1, -0.05) is 30.3 Å². The number of benzene rings is 1. The molecule has 2 N–H and O–H groups in total. The second-order valence-corrected chi connectivity index (χ2v) is 4.51. The summed E-state index contributed by atoms with van der Waals surface area (Å²) in [6.07, 6.45) is 0. The lowest BCUT2D eigenvalue weighted by atomic mass is 10.1. The summed E-state index contributed by atoms with van der Waals surface area (Å²) in [7, 11) is 0. The highest BCUT2D eigenvalue weighted by Gasteiger charge is 2.24. The van der Waals surface area contributed by atoms with Crippen LogP contribution in [0, 0.1) is 0 Å². The maximum Gasteiger partial charge on any atom is 0.330 e. The molecule has 0 heterocycles. The molecule has 5 nitrogen and oxygen atoms in total. The van der Waals surface area contributed by atoms with E-state index in [1.165, 1.54) is 0 Å². The molecule has 1 aromatic rings. The third-order valence-electron chi connectivity index (χ3n) is 2.87. The minimum atomic E-state index is -1.07. The van der Waals surface area contributed by atoms with Gasteiger partial charge in [0.1, 0.15) is 0 Å². The van der Waals surface area contributed by atoms with Crippen LogP contribution in [0.25, 0.3) is 0 Å². The van der Waals surface area contributed by atoms with Gasteiger partial charge in [0.2, 0.25) is 0 Å². The Bertz CT molecular complexity index is 432. The van der Waals surface area contributed by atoms with Crippen molar-refractivity contribution in [1.82, 2.24) is 10.2 Å². The number of aliphatic carboxylic acids is 1. The van der Waals surface area contributed by atoms with Crippen LogP contribution in [0.5, 0.6) is 0 Å². The van der Waals surface area contributed by atoms with Crippen molar-refractivity contribution in [2.75, 3.05) is 6.54 Å². The van der Waals surface area contributed by atoms with Crippen molar-refractivity contribution in [3.8, 4) is 0 Å². The number of nitrogens with zero attached hydrogens (tertiary/aromatic N) is 1. The lowest BCUT2D eigenvalue weighted by molar-refractivity contribution is -0.139. The van der Waals surface area contributed by atoms with Gasteiger partial charge < -0.3 is 15.3 Å². The Balaban J connectivity index is 2.86. The molecule has 1 rings (SSSR count). The molecule has 1 atom stereocenters. The standard InChI is InChI=1S/C14H20N2O3/c1-4-16(10(2)3)14(19)15-12(13(17)18)11-8-6-5-7-9-11/h5-10,12H,4H2,1-3H3,(H,15,19)(H,17,18)/t12-/m1/s1. The first kappa shape index (κ1) is 15.0. The zero-order chi connectivity index (χ0) is 14.4. The van der Waals surface area contributed by atoms with E-state index in [9.17, 15) is 14.7 Å². The van der Waals surface area contributed by atoms with Gasteiger partial charge in [-0.3, -0.25) is 0 Å². The molecule has 0 aliphatic rings. The number of carboxylic acid groups (broad SMARTS) is 1. The van der Waals surface area contributed by atoms with Crippen LogP contribution in [0.2, 0.25) is 0 Å². The Kier molecular flexibility index (Phi) is 5.36. The van der Waals surface area contributed by atoms with Crippen molar-refractivity contribution in [2.24, 2.45) is 0 Å². The smallest absolute Gasteiger partial charge is 0.330 e. The predicted molar refractivity (Wildman–Crippen MR) is 72.9 cm³/mol. The first-order valence-corrected chi connectivity index (χ1v) is 6.32. The summed E-state index contributed by atoms with van der Waals surface area (Å²) >= 11 is 0. The van der Waals surface area contributed by atoms with E-state index in [-0.39, 0.29) is 12.1 Å². The lowest BCUT2D eigenvalue weighted by Gasteiger charge is -2.27. The molecule has 0 aliphatic heterocycles. The third-order valence-corrected chi connectivity index (χ3v) is 2.87. The highest BCUT2D eigenvalue weighted by Crippen LogP contribution is 2.13. The summed E-state index contributed by atoms with van der Waals surface area (Å²) in [6.45, 7) is 6.17. The van der Waals surface area contributed by atoms with E-state index in [4.69, 9.17) is 0 Å². The Morgan fingerprint density at radius 1 is 1.26 bits per heavy atom. The molecular weight excluding hydrogens is 244 g/mol. The van der Waals surface area contributed by atoms with Gasteiger partial charge in [0, 0.05) is 12.6 Å². The fourth-order valence-electron chi connectivity index (χ4n) is 1.88. The SMILES string of the molecule is CCN(C(=O)N[C@@H](C(=O)O)c1ccccc1)C(C)C. The Morgan fingerprint density at radius 2 is 1.84 bits per heavy atom. The third kappa shape index (κ3) is 3.98. The van der Waals surface area contributed by atoms with Crippen LogP contribution >= 0.6 is 0 Å². The maximum absolute atomic E-state index is 12.1. The van der Waals surface area contributed by atoms with Crippen LogP contribution in [-0.4, -0.2) is 34.6 Å². The molecule has 0 bridgehead atoms. The average Bonchev–Trinajstić information content (AvgIpc) is 2.37. The van der Waals surface area contributed by atoms with Gasteiger partial charge in [0.05, 0.1) is 0 Å². The molecule has 19 heavy (non-hydrogen) atoms. The molecule has 0 radical (unpaired) electrons. The lowest BCUT2D eigenvalue weighted by Crippen LogP contribution is -2.46. The van der Waals surface area contributed by atoms with E-state index >= 15 is 0 Å². The summed E-state index contributed by atoms with van der Waals surface area (Å²) in [4.78, 5) is 24.9. The molecule has 0 aromatic heterocycles. The molecule has 0 saturated carbocycles. The predicted octanol–water partition coefficient (Wildman–Crippen LogP) is 2.25. The fraction of sp³-hybridized carbons (Fsp3) is 0.429. The van der Waals surface area contributed by atoms with Gasteiger partial charge in [-0.2, -0.15) is 0 Å². The molecule has 104 valence electrons. The number of hydrogen-bond donors (Lipinski definition) is 2. The highest BCUT2D eigenvalue weighted by molar-refractivity contribution is 5.83. The minimum Gasteiger partial charge on any atom is -0.479 e. The molecule has 0 unspecified atom stereocenters. The quantitative estimate of drug-likeness (QED) is 0.857. The number of carbonyl (C=O) groups is 2. The number of carbonyl (C=O) groups excluding carboxylic acids is 1. The summed E-state index contributed by atoms with van der Waals surface area (Å²) in [5.74, 6) is -1.07. The minimum absolute atomic E-state index is 0.0234. The van der Waals surface area contributed by atoms with Gasteiger partial charge in [0.25, 0.3) is 0 Å². The van der Waals surface area contributed by atoms with Gasteiger partial charge in [0.15, 0.2) is 6.04 Å². The summed E-state index contributed by atoms with van der Waals surface area (Å²) in [5.41, 5.74) is 0.558. The van der Waals surface area contributed by atoms with Crippen molar-refractivity contribution in [3.63, 3.8) is 0 Å². The summed E-state index contributed by atoms with van der Waals surface area (Å²) in [5, 5.41) is 11.8. The van der Waals surface area contributed by atoms with E-state index in [0.29, 0.717) is 12.1 Å². The molecule has 0 saturated heterocycles. The molecule has 1 aromatic carbocycles. The van der Waals surface area contributed by atoms with Crippen molar-refractivity contribution >= 4 is 12.0 Å².